The lowest BCUT2D eigenvalue weighted by atomic mass is 10.1. The summed E-state index contributed by atoms with van der Waals surface area (Å²) in [5, 5.41) is 16.0. The van der Waals surface area contributed by atoms with Gasteiger partial charge in [0.25, 0.3) is 5.97 Å². The number of benzene rings is 1. The topological polar surface area (TPSA) is 74.6 Å². The van der Waals surface area contributed by atoms with E-state index in [1.54, 1.807) is 18.2 Å². The van der Waals surface area contributed by atoms with Crippen LogP contribution in [0.15, 0.2) is 24.3 Å². The van der Waals surface area contributed by atoms with Gasteiger partial charge in [-0.05, 0) is 24.1 Å². The predicted molar refractivity (Wildman–Crippen MR) is 78.8 cm³/mol. The molecule has 0 heterocycles. The highest BCUT2D eigenvalue weighted by atomic mass is 16.4. The van der Waals surface area contributed by atoms with Gasteiger partial charge < -0.3 is 10.2 Å². The van der Waals surface area contributed by atoms with Gasteiger partial charge in [-0.3, -0.25) is 4.79 Å². The van der Waals surface area contributed by atoms with E-state index in [1.807, 2.05) is 13.0 Å². The van der Waals surface area contributed by atoms with Crippen LogP contribution in [0.5, 0.6) is 0 Å². The molecule has 1 aromatic carbocycles. The maximum atomic E-state index is 10.5. The zero-order valence-corrected chi connectivity index (χ0v) is 11.4. The van der Waals surface area contributed by atoms with E-state index in [0.29, 0.717) is 5.56 Å². The number of aromatic carboxylic acids is 1. The molecule has 0 atom stereocenters. The van der Waals surface area contributed by atoms with Gasteiger partial charge in [0.05, 0.1) is 5.56 Å². The van der Waals surface area contributed by atoms with E-state index in [9.17, 15) is 4.79 Å². The Morgan fingerprint density at radius 3 is 1.84 bits per heavy atom. The number of hydrogen-bond acceptors (Lipinski definition) is 2. The second kappa shape index (κ2) is 14.2. The fourth-order valence-corrected chi connectivity index (χ4v) is 0.924. The number of hydrogen-bond donors (Lipinski definition) is 2. The van der Waals surface area contributed by atoms with E-state index >= 15 is 0 Å². The lowest BCUT2D eigenvalue weighted by molar-refractivity contribution is -0.134. The van der Waals surface area contributed by atoms with Gasteiger partial charge in [0.2, 0.25) is 0 Å². The monoisotopic (exact) mass is 270 g/mol. The van der Waals surface area contributed by atoms with E-state index in [0.717, 1.165) is 18.9 Å². The molecule has 19 heavy (non-hydrogen) atoms. The molecule has 0 unspecified atom stereocenters. The van der Waals surface area contributed by atoms with Gasteiger partial charge in [0.1, 0.15) is 0 Å². The van der Waals surface area contributed by atoms with Crippen molar-refractivity contribution in [2.75, 3.05) is 0 Å². The summed E-state index contributed by atoms with van der Waals surface area (Å²) in [6.07, 6.45) is 2.13. The van der Waals surface area contributed by atoms with Crippen molar-refractivity contribution in [1.82, 2.24) is 0 Å². The molecule has 4 nitrogen and oxygen atoms in total. The summed E-state index contributed by atoms with van der Waals surface area (Å²) in [7, 11) is 0. The third-order valence-electron chi connectivity index (χ3n) is 1.58. The number of carboxylic acids is 2. The molecule has 0 radical (unpaired) electrons. The minimum Gasteiger partial charge on any atom is -0.481 e. The minimum atomic E-state index is -0.861. The molecule has 1 aromatic rings. The molecule has 0 fully saturated rings. The van der Waals surface area contributed by atoms with Crippen molar-refractivity contribution in [2.45, 2.75) is 48.0 Å². The number of carboxylic acid groups (broad SMARTS) is 2. The molecule has 1 rings (SSSR count). The Balaban J connectivity index is -0.000000272. The molecule has 0 aliphatic rings. The van der Waals surface area contributed by atoms with Crippen LogP contribution < -0.4 is 0 Å². The first-order valence-electron chi connectivity index (χ1n) is 5.90. The second-order valence-electron chi connectivity index (χ2n) is 3.59. The molecule has 0 saturated carbocycles. The Labute approximate surface area is 116 Å². The van der Waals surface area contributed by atoms with E-state index in [-0.39, 0.29) is 7.43 Å². The second-order valence-corrected chi connectivity index (χ2v) is 3.59. The lowest BCUT2D eigenvalue weighted by Crippen LogP contribution is -1.96. The molecule has 0 saturated heterocycles. The van der Waals surface area contributed by atoms with Crippen molar-refractivity contribution < 1.29 is 19.8 Å². The van der Waals surface area contributed by atoms with Gasteiger partial charge >= 0.3 is 5.97 Å². The molecule has 0 aliphatic heterocycles. The first-order chi connectivity index (χ1) is 8.38. The molecule has 0 bridgehead atoms. The van der Waals surface area contributed by atoms with Crippen molar-refractivity contribution >= 4 is 11.9 Å². The van der Waals surface area contributed by atoms with Crippen LogP contribution in [0.1, 0.15) is 57.5 Å². The van der Waals surface area contributed by atoms with Crippen LogP contribution in [0.2, 0.25) is 0 Å². The van der Waals surface area contributed by atoms with Gasteiger partial charge in [-0.2, -0.15) is 0 Å². The van der Waals surface area contributed by atoms with Crippen molar-refractivity contribution in [3.63, 3.8) is 0 Å². The summed E-state index contributed by atoms with van der Waals surface area (Å²) in [5.74, 6) is -1.69. The van der Waals surface area contributed by atoms with Gasteiger partial charge in [-0.25, -0.2) is 4.79 Å². The summed E-state index contributed by atoms with van der Waals surface area (Å²) in [6, 6.07) is 6.98. The normalized spacial score (nSPS) is 7.79. The molecule has 0 amide bonds. The molecular weight excluding hydrogens is 244 g/mol. The molecule has 0 aromatic heterocycles. The van der Waals surface area contributed by atoms with Crippen LogP contribution in [0.25, 0.3) is 0 Å². The average molecular weight is 270 g/mol. The largest absolute Gasteiger partial charge is 0.481 e. The van der Waals surface area contributed by atoms with Crippen LogP contribution >= 0.6 is 0 Å². The summed E-state index contributed by atoms with van der Waals surface area (Å²) < 4.78 is 0. The first kappa shape index (κ1) is 22.3. The highest BCUT2D eigenvalue weighted by Crippen LogP contribution is 2.05. The van der Waals surface area contributed by atoms with Crippen LogP contribution in [0.4, 0.5) is 0 Å². The molecule has 110 valence electrons. The van der Waals surface area contributed by atoms with Gasteiger partial charge in [-0.15, -0.1) is 0 Å². The number of carbonyl (C=O) groups is 2. The number of aliphatic carboxylic acids is 1. The van der Waals surface area contributed by atoms with Gasteiger partial charge in [-0.1, -0.05) is 46.8 Å². The van der Waals surface area contributed by atoms with Crippen LogP contribution in [0, 0.1) is 0 Å². The Kier molecular flexibility index (Phi) is 16.7. The molecule has 2 N–H and O–H groups in total. The number of rotatable bonds is 2. The summed E-state index contributed by atoms with van der Waals surface area (Å²) in [5.41, 5.74) is 1.43. The standard InChI is InChI=1S/C9H10O2.C3H8.C2H4O2.CH4/c1-2-7-4-3-5-8(6-7)9(10)11;1-3-2;1-2(3)4;/h3-6H,2H2,1H3,(H,10,11);3H2,1-2H3;1H3,(H,3,4);1H4. The number of aryl methyl sites for hydroxylation is 1. The van der Waals surface area contributed by atoms with E-state index in [1.165, 1.54) is 6.42 Å². The molecule has 4 heteroatoms. The molecular formula is C15H26O4. The minimum absolute atomic E-state index is 0. The fraction of sp³-hybridized carbons (Fsp3) is 0.467. The third kappa shape index (κ3) is 16.2. The van der Waals surface area contributed by atoms with E-state index in [4.69, 9.17) is 15.0 Å². The summed E-state index contributed by atoms with van der Waals surface area (Å²) >= 11 is 0. The van der Waals surface area contributed by atoms with Crippen molar-refractivity contribution in [3.05, 3.63) is 35.4 Å². The Bertz CT molecular complexity index is 355. The zero-order valence-electron chi connectivity index (χ0n) is 11.4. The van der Waals surface area contributed by atoms with Crippen LogP contribution in [-0.4, -0.2) is 22.2 Å². The lowest BCUT2D eigenvalue weighted by Gasteiger charge is -1.97. The highest BCUT2D eigenvalue weighted by molar-refractivity contribution is 5.87. The first-order valence-corrected chi connectivity index (χ1v) is 5.90. The predicted octanol–water partition coefficient (Wildman–Crippen LogP) is 4.09. The summed E-state index contributed by atoms with van der Waals surface area (Å²) in [6.45, 7) is 7.33. The van der Waals surface area contributed by atoms with Crippen LogP contribution in [0.3, 0.4) is 0 Å². The van der Waals surface area contributed by atoms with Gasteiger partial charge in [0, 0.05) is 6.92 Å². The maximum absolute atomic E-state index is 10.5. The SMILES string of the molecule is C.CC(=O)O.CCC.CCc1cccc(C(=O)O)c1. The highest BCUT2D eigenvalue weighted by Gasteiger charge is 2.00. The quantitative estimate of drug-likeness (QED) is 0.848. The average Bonchev–Trinajstić information content (AvgIpc) is 2.29. The third-order valence-corrected chi connectivity index (χ3v) is 1.58. The molecule has 0 spiro atoms. The maximum Gasteiger partial charge on any atom is 0.335 e. The van der Waals surface area contributed by atoms with Crippen molar-refractivity contribution in [1.29, 1.82) is 0 Å². The Morgan fingerprint density at radius 2 is 1.53 bits per heavy atom. The fourth-order valence-electron chi connectivity index (χ4n) is 0.924. The van der Waals surface area contributed by atoms with Crippen LogP contribution in [-0.2, 0) is 11.2 Å². The van der Waals surface area contributed by atoms with Crippen molar-refractivity contribution in [3.8, 4) is 0 Å². The van der Waals surface area contributed by atoms with E-state index < -0.39 is 11.9 Å². The molecule has 0 aliphatic carbocycles. The smallest absolute Gasteiger partial charge is 0.335 e. The van der Waals surface area contributed by atoms with E-state index in [2.05, 4.69) is 13.8 Å². The van der Waals surface area contributed by atoms with Crippen molar-refractivity contribution in [2.24, 2.45) is 0 Å². The van der Waals surface area contributed by atoms with Gasteiger partial charge in [0.15, 0.2) is 0 Å². The summed E-state index contributed by atoms with van der Waals surface area (Å²) in [4.78, 5) is 19.5. The Morgan fingerprint density at radius 1 is 1.11 bits per heavy atom. The zero-order chi connectivity index (χ0) is 14.6. The Hall–Kier alpha value is -1.84.